The Bertz CT molecular complexity index is 402. The van der Waals surface area contributed by atoms with E-state index in [1.807, 2.05) is 18.0 Å². The van der Waals surface area contributed by atoms with E-state index in [4.69, 9.17) is 4.74 Å². The maximum atomic E-state index is 10.2. The predicted octanol–water partition coefficient (Wildman–Crippen LogP) is 0.662. The molecule has 1 atom stereocenters. The molecule has 114 valence electrons. The number of aliphatic hydroxyl groups excluding tert-OH is 1. The Balaban J connectivity index is 1.81. The van der Waals surface area contributed by atoms with Gasteiger partial charge in [0.25, 0.3) is 0 Å². The molecule has 6 nitrogen and oxygen atoms in total. The SMILES string of the molecule is CC(C)c1cc(N(C)CC(O)CN2CCOCC2)n[nH]1. The lowest BCUT2D eigenvalue weighted by atomic mass is 10.1. The number of ether oxygens (including phenoxy) is 1. The largest absolute Gasteiger partial charge is 0.390 e. The number of anilines is 1. The second-order valence-corrected chi connectivity index (χ2v) is 5.78. The van der Waals surface area contributed by atoms with Gasteiger partial charge in [0.05, 0.1) is 19.3 Å². The van der Waals surface area contributed by atoms with Crippen molar-refractivity contribution in [2.45, 2.75) is 25.9 Å². The number of β-amino-alcohol motifs (C(OH)–C–C–N with tert-alkyl or cyclic N) is 1. The Hall–Kier alpha value is -1.11. The minimum atomic E-state index is -0.378. The molecule has 0 radical (unpaired) electrons. The second kappa shape index (κ2) is 7.06. The highest BCUT2D eigenvalue weighted by atomic mass is 16.5. The predicted molar refractivity (Wildman–Crippen MR) is 79.2 cm³/mol. The first-order valence-electron chi connectivity index (χ1n) is 7.31. The van der Waals surface area contributed by atoms with Crippen LogP contribution in [0.5, 0.6) is 0 Å². The minimum absolute atomic E-state index is 0.378. The summed E-state index contributed by atoms with van der Waals surface area (Å²) in [4.78, 5) is 4.24. The van der Waals surface area contributed by atoms with E-state index in [1.165, 1.54) is 0 Å². The Kier molecular flexibility index (Phi) is 5.39. The average molecular weight is 282 g/mol. The zero-order valence-electron chi connectivity index (χ0n) is 12.7. The van der Waals surface area contributed by atoms with E-state index in [2.05, 4.69) is 28.9 Å². The molecule has 20 heavy (non-hydrogen) atoms. The Morgan fingerprint density at radius 3 is 2.75 bits per heavy atom. The fraction of sp³-hybridized carbons (Fsp3) is 0.786. The van der Waals surface area contributed by atoms with Crippen molar-refractivity contribution >= 4 is 5.82 Å². The standard InChI is InChI=1S/C14H26N4O2/c1-11(2)13-8-14(16-15-13)17(3)9-12(19)10-18-4-6-20-7-5-18/h8,11-12,19H,4-7,9-10H2,1-3H3,(H,15,16). The smallest absolute Gasteiger partial charge is 0.150 e. The van der Waals surface area contributed by atoms with Gasteiger partial charge in [0.2, 0.25) is 0 Å². The van der Waals surface area contributed by atoms with Crippen molar-refractivity contribution in [3.8, 4) is 0 Å². The highest BCUT2D eigenvalue weighted by Crippen LogP contribution is 2.17. The number of rotatable bonds is 6. The third-order valence-electron chi connectivity index (χ3n) is 3.65. The lowest BCUT2D eigenvalue weighted by Crippen LogP contribution is -2.44. The lowest BCUT2D eigenvalue weighted by Gasteiger charge is -2.30. The van der Waals surface area contributed by atoms with Crippen LogP contribution in [0.1, 0.15) is 25.5 Å². The van der Waals surface area contributed by atoms with E-state index in [-0.39, 0.29) is 6.10 Å². The number of H-pyrrole nitrogens is 1. The molecule has 2 rings (SSSR count). The molecule has 2 heterocycles. The van der Waals surface area contributed by atoms with Crippen LogP contribution in [0.2, 0.25) is 0 Å². The van der Waals surface area contributed by atoms with E-state index >= 15 is 0 Å². The minimum Gasteiger partial charge on any atom is -0.390 e. The molecule has 0 aromatic carbocycles. The molecule has 0 aliphatic carbocycles. The molecule has 1 saturated heterocycles. The highest BCUT2D eigenvalue weighted by molar-refractivity contribution is 5.39. The Morgan fingerprint density at radius 2 is 2.15 bits per heavy atom. The monoisotopic (exact) mass is 282 g/mol. The molecule has 1 unspecified atom stereocenters. The normalized spacial score (nSPS) is 18.4. The van der Waals surface area contributed by atoms with Crippen LogP contribution in [0.4, 0.5) is 5.82 Å². The third kappa shape index (κ3) is 4.19. The van der Waals surface area contributed by atoms with Crippen molar-refractivity contribution in [2.24, 2.45) is 0 Å². The van der Waals surface area contributed by atoms with Crippen molar-refractivity contribution in [2.75, 3.05) is 51.3 Å². The van der Waals surface area contributed by atoms with Gasteiger partial charge in [-0.2, -0.15) is 5.10 Å². The summed E-state index contributed by atoms with van der Waals surface area (Å²) in [6.07, 6.45) is -0.378. The molecule has 0 saturated carbocycles. The summed E-state index contributed by atoms with van der Waals surface area (Å²) < 4.78 is 5.31. The fourth-order valence-electron chi connectivity index (χ4n) is 2.37. The Labute approximate surface area is 120 Å². The van der Waals surface area contributed by atoms with E-state index in [0.717, 1.165) is 37.8 Å². The van der Waals surface area contributed by atoms with Crippen molar-refractivity contribution in [3.05, 3.63) is 11.8 Å². The molecule has 2 N–H and O–H groups in total. The van der Waals surface area contributed by atoms with Crippen LogP contribution in [0.3, 0.4) is 0 Å². The number of aliphatic hydroxyl groups is 1. The molecule has 1 fully saturated rings. The number of hydrogen-bond donors (Lipinski definition) is 2. The van der Waals surface area contributed by atoms with Gasteiger partial charge < -0.3 is 14.7 Å². The molecule has 0 bridgehead atoms. The van der Waals surface area contributed by atoms with Gasteiger partial charge in [-0.05, 0) is 5.92 Å². The van der Waals surface area contributed by atoms with Gasteiger partial charge in [-0.3, -0.25) is 10.00 Å². The molecule has 1 aliphatic heterocycles. The van der Waals surface area contributed by atoms with Gasteiger partial charge in [-0.15, -0.1) is 0 Å². The summed E-state index contributed by atoms with van der Waals surface area (Å²) in [5, 5.41) is 17.5. The van der Waals surface area contributed by atoms with Crippen LogP contribution in [-0.4, -0.2) is 72.7 Å². The lowest BCUT2D eigenvalue weighted by molar-refractivity contribution is 0.0162. The number of hydrogen-bond acceptors (Lipinski definition) is 5. The first-order valence-corrected chi connectivity index (χ1v) is 7.31. The van der Waals surface area contributed by atoms with Crippen LogP contribution >= 0.6 is 0 Å². The van der Waals surface area contributed by atoms with Crippen LogP contribution in [-0.2, 0) is 4.74 Å². The maximum absolute atomic E-state index is 10.2. The molecular formula is C14H26N4O2. The number of nitrogens with zero attached hydrogens (tertiary/aromatic N) is 3. The van der Waals surface area contributed by atoms with E-state index in [9.17, 15) is 5.11 Å². The summed E-state index contributed by atoms with van der Waals surface area (Å²) in [7, 11) is 1.96. The van der Waals surface area contributed by atoms with Crippen molar-refractivity contribution in [3.63, 3.8) is 0 Å². The topological polar surface area (TPSA) is 64.6 Å². The second-order valence-electron chi connectivity index (χ2n) is 5.78. The summed E-state index contributed by atoms with van der Waals surface area (Å²) in [5.74, 6) is 1.32. The third-order valence-corrected chi connectivity index (χ3v) is 3.65. The average Bonchev–Trinajstić information content (AvgIpc) is 2.89. The summed E-state index contributed by atoms with van der Waals surface area (Å²) in [6.45, 7) is 8.87. The number of likely N-dealkylation sites (N-methyl/N-ethyl adjacent to an activating group) is 1. The van der Waals surface area contributed by atoms with Gasteiger partial charge in [0, 0.05) is 45.0 Å². The zero-order chi connectivity index (χ0) is 14.5. The highest BCUT2D eigenvalue weighted by Gasteiger charge is 2.17. The quantitative estimate of drug-likeness (QED) is 0.802. The van der Waals surface area contributed by atoms with E-state index < -0.39 is 0 Å². The van der Waals surface area contributed by atoms with Crippen molar-refractivity contribution in [1.29, 1.82) is 0 Å². The van der Waals surface area contributed by atoms with Crippen LogP contribution in [0.25, 0.3) is 0 Å². The van der Waals surface area contributed by atoms with Gasteiger partial charge in [-0.1, -0.05) is 13.8 Å². The first kappa shape index (κ1) is 15.3. The first-order chi connectivity index (χ1) is 9.56. The molecular weight excluding hydrogens is 256 g/mol. The maximum Gasteiger partial charge on any atom is 0.150 e. The molecule has 6 heteroatoms. The van der Waals surface area contributed by atoms with Crippen LogP contribution in [0, 0.1) is 0 Å². The van der Waals surface area contributed by atoms with Crippen LogP contribution in [0.15, 0.2) is 6.07 Å². The van der Waals surface area contributed by atoms with Gasteiger partial charge >= 0.3 is 0 Å². The number of nitrogens with one attached hydrogen (secondary N) is 1. The number of aromatic nitrogens is 2. The van der Waals surface area contributed by atoms with Gasteiger partial charge in [-0.25, -0.2) is 0 Å². The van der Waals surface area contributed by atoms with Crippen LogP contribution < -0.4 is 4.90 Å². The van der Waals surface area contributed by atoms with Crippen molar-refractivity contribution < 1.29 is 9.84 Å². The molecule has 1 aromatic rings. The molecule has 1 aromatic heterocycles. The number of morpholine rings is 1. The molecule has 0 amide bonds. The Morgan fingerprint density at radius 1 is 1.45 bits per heavy atom. The van der Waals surface area contributed by atoms with Crippen molar-refractivity contribution in [1.82, 2.24) is 15.1 Å². The zero-order valence-corrected chi connectivity index (χ0v) is 12.7. The van der Waals surface area contributed by atoms with E-state index in [1.54, 1.807) is 0 Å². The summed E-state index contributed by atoms with van der Waals surface area (Å²) >= 11 is 0. The summed E-state index contributed by atoms with van der Waals surface area (Å²) in [6, 6.07) is 2.05. The summed E-state index contributed by atoms with van der Waals surface area (Å²) in [5.41, 5.74) is 1.12. The molecule has 1 aliphatic rings. The number of aromatic amines is 1. The van der Waals surface area contributed by atoms with E-state index in [0.29, 0.717) is 19.0 Å². The van der Waals surface area contributed by atoms with Gasteiger partial charge in [0.15, 0.2) is 0 Å². The van der Waals surface area contributed by atoms with Gasteiger partial charge in [0.1, 0.15) is 5.82 Å². The fourth-order valence-corrected chi connectivity index (χ4v) is 2.37. The molecule has 0 spiro atoms.